The predicted molar refractivity (Wildman–Crippen MR) is 147 cm³/mol. The van der Waals surface area contributed by atoms with Crippen molar-refractivity contribution in [3.8, 4) is 0 Å². The van der Waals surface area contributed by atoms with Crippen molar-refractivity contribution in [2.24, 2.45) is 11.8 Å². The van der Waals surface area contributed by atoms with E-state index in [1.807, 2.05) is 33.0 Å². The molecule has 40 heavy (non-hydrogen) atoms. The second-order valence-electron chi connectivity index (χ2n) is 12.4. The number of piperazine rings is 1. The van der Waals surface area contributed by atoms with Crippen molar-refractivity contribution in [1.82, 2.24) is 25.0 Å². The fraction of sp³-hybridized carbons (Fsp3) is 0.567. The molecule has 4 aliphatic heterocycles. The normalized spacial score (nSPS) is 35.9. The third-order valence-electron chi connectivity index (χ3n) is 9.98. The summed E-state index contributed by atoms with van der Waals surface area (Å²) in [5.41, 5.74) is 2.78. The lowest BCUT2D eigenvalue weighted by Gasteiger charge is -2.50. The van der Waals surface area contributed by atoms with Crippen LogP contribution in [0.2, 0.25) is 0 Å². The van der Waals surface area contributed by atoms with Gasteiger partial charge in [-0.25, -0.2) is 0 Å². The van der Waals surface area contributed by atoms with E-state index in [1.54, 1.807) is 4.90 Å². The largest absolute Gasteiger partial charge is 0.361 e. The number of aliphatic hydroxyl groups is 1. The van der Waals surface area contributed by atoms with Crippen molar-refractivity contribution in [2.75, 3.05) is 20.1 Å². The molecule has 1 aromatic heterocycles. The van der Waals surface area contributed by atoms with E-state index in [4.69, 9.17) is 4.74 Å². The molecule has 1 aliphatic carbocycles. The number of carbonyl (C=O) groups is 3. The van der Waals surface area contributed by atoms with Crippen molar-refractivity contribution in [3.63, 3.8) is 0 Å². The monoisotopic (exact) mass is 547 g/mol. The van der Waals surface area contributed by atoms with Crippen molar-refractivity contribution >= 4 is 34.2 Å². The van der Waals surface area contributed by atoms with Crippen LogP contribution in [0.25, 0.3) is 16.5 Å². The summed E-state index contributed by atoms with van der Waals surface area (Å²) in [5.74, 6) is -3.79. The predicted octanol–water partition coefficient (Wildman–Crippen LogP) is 1.79. The number of amides is 3. The van der Waals surface area contributed by atoms with Gasteiger partial charge < -0.3 is 20.3 Å². The average molecular weight is 548 g/mol. The Kier molecular flexibility index (Phi) is 5.56. The number of likely N-dealkylation sites (N-methyl/N-ethyl adjacent to an activating group) is 1. The van der Waals surface area contributed by atoms with Gasteiger partial charge in [0, 0.05) is 36.2 Å². The maximum absolute atomic E-state index is 14.0. The zero-order chi connectivity index (χ0) is 28.1. The number of benzene rings is 1. The molecular weight excluding hydrogens is 510 g/mol. The topological polar surface area (TPSA) is 118 Å². The number of aromatic amines is 1. The number of aromatic nitrogens is 1. The van der Waals surface area contributed by atoms with E-state index < -0.39 is 35.5 Å². The maximum atomic E-state index is 14.0. The van der Waals surface area contributed by atoms with Crippen LogP contribution in [0, 0.1) is 11.8 Å². The first-order valence-electron chi connectivity index (χ1n) is 14.5. The highest BCUT2D eigenvalue weighted by Gasteiger charge is 2.70. The summed E-state index contributed by atoms with van der Waals surface area (Å²) in [5, 5.41) is 16.0. The molecular formula is C30H37N5O5. The number of hydrogen-bond acceptors (Lipinski definition) is 6. The van der Waals surface area contributed by atoms with Gasteiger partial charge in [0.15, 0.2) is 0 Å². The number of H-pyrrole nitrogens is 1. The molecule has 212 valence electrons. The van der Waals surface area contributed by atoms with Gasteiger partial charge >= 0.3 is 0 Å². The molecule has 0 radical (unpaired) electrons. The van der Waals surface area contributed by atoms with E-state index >= 15 is 0 Å². The molecule has 0 bridgehead atoms. The van der Waals surface area contributed by atoms with Crippen LogP contribution >= 0.6 is 0 Å². The average Bonchev–Trinajstić information content (AvgIpc) is 3.63. The molecule has 3 saturated heterocycles. The van der Waals surface area contributed by atoms with Gasteiger partial charge in [-0.05, 0) is 61.9 Å². The maximum Gasteiger partial charge on any atom is 0.280 e. The van der Waals surface area contributed by atoms with Crippen LogP contribution in [0.15, 0.2) is 30.5 Å². The Labute approximate surface area is 233 Å². The van der Waals surface area contributed by atoms with E-state index in [-0.39, 0.29) is 23.8 Å². The first-order chi connectivity index (χ1) is 19.1. The summed E-state index contributed by atoms with van der Waals surface area (Å²) in [7, 11) is 2.02. The number of fused-ring (bicyclic) bond motifs is 5. The fourth-order valence-corrected chi connectivity index (χ4v) is 7.77. The third kappa shape index (κ3) is 3.36. The number of hydrogen-bond donors (Lipinski definition) is 3. The summed E-state index contributed by atoms with van der Waals surface area (Å²) in [6, 6.07) is 4.83. The van der Waals surface area contributed by atoms with Crippen LogP contribution in [0.5, 0.6) is 0 Å². The van der Waals surface area contributed by atoms with Crippen molar-refractivity contribution in [2.45, 2.75) is 76.2 Å². The summed E-state index contributed by atoms with van der Waals surface area (Å²) in [4.78, 5) is 49.8. The van der Waals surface area contributed by atoms with Gasteiger partial charge in [-0.1, -0.05) is 38.5 Å². The minimum absolute atomic E-state index is 0.156. The Balaban J connectivity index is 1.21. The van der Waals surface area contributed by atoms with E-state index in [1.165, 1.54) is 22.8 Å². The molecule has 0 unspecified atom stereocenters. The molecule has 7 rings (SSSR count). The number of rotatable bonds is 4. The van der Waals surface area contributed by atoms with E-state index in [0.29, 0.717) is 25.9 Å². The van der Waals surface area contributed by atoms with Crippen LogP contribution in [0.4, 0.5) is 0 Å². The first kappa shape index (κ1) is 25.7. The lowest BCUT2D eigenvalue weighted by molar-refractivity contribution is -0.317. The quantitative estimate of drug-likeness (QED) is 0.537. The molecule has 0 saturated carbocycles. The van der Waals surface area contributed by atoms with Gasteiger partial charge in [0.2, 0.25) is 17.5 Å². The Morgan fingerprint density at radius 2 is 2.12 bits per heavy atom. The smallest absolute Gasteiger partial charge is 0.280 e. The second-order valence-corrected chi connectivity index (χ2v) is 12.4. The van der Waals surface area contributed by atoms with Crippen LogP contribution in [0.3, 0.4) is 0 Å². The summed E-state index contributed by atoms with van der Waals surface area (Å²) >= 11 is 0. The number of carbonyl (C=O) groups excluding carboxylic acids is 3. The SMILES string of the molecule is CC[C@H](C)[C@@H]1C(=O)N2CCC[C@H]2[C@]2(O)O[C@@](C)(NC(=O)[C@@H]3C=C4c5cccc6[nH]cc(c56)C[C@@H]4N(C)C3)C(=O)N12. The molecule has 5 heterocycles. The molecule has 3 fully saturated rings. The van der Waals surface area contributed by atoms with Crippen LogP contribution in [-0.4, -0.2) is 92.4 Å². The molecule has 5 aliphatic rings. The van der Waals surface area contributed by atoms with Crippen molar-refractivity contribution in [1.29, 1.82) is 0 Å². The Bertz CT molecular complexity index is 1470. The Morgan fingerprint density at radius 1 is 1.32 bits per heavy atom. The van der Waals surface area contributed by atoms with Crippen molar-refractivity contribution < 1.29 is 24.2 Å². The highest BCUT2D eigenvalue weighted by molar-refractivity contribution is 6.00. The lowest BCUT2D eigenvalue weighted by Crippen LogP contribution is -2.72. The molecule has 3 N–H and O–H groups in total. The van der Waals surface area contributed by atoms with Gasteiger partial charge in [0.1, 0.15) is 12.1 Å². The zero-order valence-electron chi connectivity index (χ0n) is 23.4. The minimum atomic E-state index is -1.99. The molecule has 2 aromatic rings. The minimum Gasteiger partial charge on any atom is -0.361 e. The molecule has 10 nitrogen and oxygen atoms in total. The third-order valence-corrected chi connectivity index (χ3v) is 9.98. The highest BCUT2D eigenvalue weighted by atomic mass is 16.7. The highest BCUT2D eigenvalue weighted by Crippen LogP contribution is 2.47. The van der Waals surface area contributed by atoms with Gasteiger partial charge in [-0.15, -0.1) is 0 Å². The second kappa shape index (κ2) is 8.64. The number of ether oxygens (including phenoxy) is 1. The number of nitrogens with zero attached hydrogens (tertiary/aromatic N) is 3. The standard InChI is InChI=1S/C30H37N5O5/c1-5-16(2)25-27(37)34-11-7-10-23(34)30(39)35(25)28(38)29(3,40-30)32-26(36)18-12-20-19-8-6-9-21-24(19)17(14-31-21)13-22(20)33(4)15-18/h6,8-9,12,14,16,18,22-23,25,31,39H,5,7,10-11,13,15H2,1-4H3,(H,32,36)/t16-,18+,22-,23-,25+,29+,30-/m0/s1. The molecule has 7 atom stereocenters. The first-order valence-corrected chi connectivity index (χ1v) is 14.5. The van der Waals surface area contributed by atoms with E-state index in [2.05, 4.69) is 33.5 Å². The van der Waals surface area contributed by atoms with E-state index in [9.17, 15) is 19.5 Å². The van der Waals surface area contributed by atoms with Crippen molar-refractivity contribution in [3.05, 3.63) is 41.6 Å². The summed E-state index contributed by atoms with van der Waals surface area (Å²) < 4.78 is 6.19. The fourth-order valence-electron chi connectivity index (χ4n) is 7.77. The summed E-state index contributed by atoms with van der Waals surface area (Å²) in [6.45, 7) is 6.36. The van der Waals surface area contributed by atoms with Crippen LogP contribution in [0.1, 0.15) is 51.2 Å². The molecule has 0 spiro atoms. The van der Waals surface area contributed by atoms with Gasteiger partial charge in [-0.3, -0.25) is 28.9 Å². The molecule has 1 aromatic carbocycles. The Hall–Kier alpha value is -3.21. The van der Waals surface area contributed by atoms with Gasteiger partial charge in [-0.2, -0.15) is 0 Å². The zero-order valence-corrected chi connectivity index (χ0v) is 23.4. The molecule has 10 heteroatoms. The van der Waals surface area contributed by atoms with Gasteiger partial charge in [0.05, 0.1) is 5.92 Å². The lowest BCUT2D eigenvalue weighted by atomic mass is 9.79. The van der Waals surface area contributed by atoms with E-state index in [0.717, 1.165) is 29.5 Å². The van der Waals surface area contributed by atoms with Crippen LogP contribution < -0.4 is 5.32 Å². The van der Waals surface area contributed by atoms with Crippen LogP contribution in [-0.2, 0) is 25.5 Å². The molecule has 3 amide bonds. The number of nitrogens with one attached hydrogen (secondary N) is 2. The Morgan fingerprint density at radius 3 is 2.90 bits per heavy atom. The summed E-state index contributed by atoms with van der Waals surface area (Å²) in [6.07, 6.45) is 6.86. The van der Waals surface area contributed by atoms with Gasteiger partial charge in [0.25, 0.3) is 11.8 Å².